The van der Waals surface area contributed by atoms with Gasteiger partial charge in [0.25, 0.3) is 0 Å². The number of amides is 1. The molecule has 0 fully saturated rings. The van der Waals surface area contributed by atoms with Gasteiger partial charge >= 0.3 is 12.4 Å². The first-order valence-corrected chi connectivity index (χ1v) is 8.02. The van der Waals surface area contributed by atoms with Gasteiger partial charge in [-0.05, 0) is 18.2 Å². The lowest BCUT2D eigenvalue weighted by molar-refractivity contribution is -0.147. The van der Waals surface area contributed by atoms with Crippen molar-refractivity contribution in [2.75, 3.05) is 11.1 Å². The van der Waals surface area contributed by atoms with Crippen molar-refractivity contribution in [3.8, 4) is 0 Å². The summed E-state index contributed by atoms with van der Waals surface area (Å²) < 4.78 is 76.8. The molecule has 0 aliphatic carbocycles. The molecule has 142 valence electrons. The van der Waals surface area contributed by atoms with Crippen molar-refractivity contribution < 1.29 is 31.1 Å². The summed E-state index contributed by atoms with van der Waals surface area (Å²) in [4.78, 5) is 11.8. The van der Waals surface area contributed by atoms with Gasteiger partial charge < -0.3 is 9.88 Å². The van der Waals surface area contributed by atoms with Crippen molar-refractivity contribution in [1.29, 1.82) is 0 Å². The Hall–Kier alpha value is -1.95. The van der Waals surface area contributed by atoms with Crippen LogP contribution in [0.5, 0.6) is 0 Å². The van der Waals surface area contributed by atoms with Crippen LogP contribution in [0, 0.1) is 0 Å². The highest BCUT2D eigenvalue weighted by Crippen LogP contribution is 2.36. The summed E-state index contributed by atoms with van der Waals surface area (Å²) in [6.07, 6.45) is -9.39. The van der Waals surface area contributed by atoms with E-state index in [1.807, 2.05) is 0 Å². The number of alkyl halides is 6. The molecule has 5 nitrogen and oxygen atoms in total. The van der Waals surface area contributed by atoms with Gasteiger partial charge in [-0.25, -0.2) is 0 Å². The second kappa shape index (κ2) is 7.35. The predicted octanol–water partition coefficient (Wildman–Crippen LogP) is 4.24. The second-order valence-electron chi connectivity index (χ2n) is 4.89. The van der Waals surface area contributed by atoms with Crippen molar-refractivity contribution in [3.05, 3.63) is 34.6 Å². The second-order valence-corrected chi connectivity index (χ2v) is 6.24. The fourth-order valence-corrected chi connectivity index (χ4v) is 2.77. The monoisotopic (exact) mass is 418 g/mol. The summed E-state index contributed by atoms with van der Waals surface area (Å²) in [5.74, 6) is -2.34. The van der Waals surface area contributed by atoms with E-state index in [2.05, 4.69) is 15.5 Å². The van der Waals surface area contributed by atoms with E-state index in [1.165, 1.54) is 6.07 Å². The van der Waals surface area contributed by atoms with E-state index in [0.29, 0.717) is 22.4 Å². The highest BCUT2D eigenvalue weighted by molar-refractivity contribution is 7.99. The van der Waals surface area contributed by atoms with E-state index in [1.54, 1.807) is 0 Å². The number of rotatable bonds is 4. The van der Waals surface area contributed by atoms with Gasteiger partial charge in [-0.3, -0.25) is 4.79 Å². The molecule has 1 aromatic heterocycles. The summed E-state index contributed by atoms with van der Waals surface area (Å²) in [5.41, 5.74) is -1.27. The van der Waals surface area contributed by atoms with Crippen molar-refractivity contribution in [2.45, 2.75) is 17.5 Å². The molecule has 0 saturated heterocycles. The molecule has 0 bridgehead atoms. The molecule has 1 aromatic carbocycles. The zero-order chi connectivity index (χ0) is 19.7. The zero-order valence-corrected chi connectivity index (χ0v) is 14.3. The molecule has 0 saturated carbocycles. The average molecular weight is 419 g/mol. The molecule has 0 atom stereocenters. The van der Waals surface area contributed by atoms with Gasteiger partial charge in [0.05, 0.1) is 16.3 Å². The Morgan fingerprint density at radius 1 is 1.19 bits per heavy atom. The number of anilines is 1. The van der Waals surface area contributed by atoms with Crippen LogP contribution in [-0.4, -0.2) is 26.4 Å². The number of thioether (sulfide) groups is 1. The van der Waals surface area contributed by atoms with Crippen LogP contribution in [0.25, 0.3) is 0 Å². The lowest BCUT2D eigenvalue weighted by Crippen LogP contribution is -2.16. The van der Waals surface area contributed by atoms with Crippen LogP contribution in [-0.2, 0) is 24.2 Å². The third-order valence-corrected chi connectivity index (χ3v) is 4.33. The molecule has 0 spiro atoms. The molecule has 26 heavy (non-hydrogen) atoms. The number of nitrogens with one attached hydrogen (secondary N) is 1. The van der Waals surface area contributed by atoms with E-state index in [-0.39, 0.29) is 16.6 Å². The van der Waals surface area contributed by atoms with Crippen LogP contribution in [0.15, 0.2) is 23.4 Å². The molecule has 13 heteroatoms. The van der Waals surface area contributed by atoms with Crippen LogP contribution >= 0.6 is 23.4 Å². The first-order chi connectivity index (χ1) is 11.9. The third kappa shape index (κ3) is 4.81. The van der Waals surface area contributed by atoms with Crippen molar-refractivity contribution >= 4 is 35.0 Å². The quantitative estimate of drug-likeness (QED) is 0.596. The van der Waals surface area contributed by atoms with E-state index in [9.17, 15) is 31.1 Å². The average Bonchev–Trinajstić information content (AvgIpc) is 2.87. The SMILES string of the molecule is Cn1c(SCC(=O)Nc2ccc(Cl)c(C(F)(F)F)c2)nnc1C(F)(F)F. The van der Waals surface area contributed by atoms with E-state index >= 15 is 0 Å². The minimum Gasteiger partial charge on any atom is -0.325 e. The Morgan fingerprint density at radius 3 is 2.38 bits per heavy atom. The largest absolute Gasteiger partial charge is 0.451 e. The topological polar surface area (TPSA) is 59.8 Å². The van der Waals surface area contributed by atoms with Crippen molar-refractivity contribution in [2.24, 2.45) is 7.05 Å². The first-order valence-electron chi connectivity index (χ1n) is 6.65. The molecule has 2 rings (SSSR count). The lowest BCUT2D eigenvalue weighted by atomic mass is 10.2. The standard InChI is InChI=1S/C13H9ClF6N4OS/c1-24-10(13(18,19)20)22-23-11(24)26-5-9(25)21-6-2-3-8(14)7(4-6)12(15,16)17/h2-4H,5H2,1H3,(H,21,25). The minimum atomic E-state index is -4.70. The fraction of sp³-hybridized carbons (Fsp3) is 0.308. The van der Waals surface area contributed by atoms with Crippen molar-refractivity contribution in [3.63, 3.8) is 0 Å². The van der Waals surface area contributed by atoms with Gasteiger partial charge in [0.1, 0.15) is 0 Å². The Balaban J connectivity index is 2.03. The molecule has 0 unspecified atom stereocenters. The highest BCUT2D eigenvalue weighted by Gasteiger charge is 2.37. The summed E-state index contributed by atoms with van der Waals surface area (Å²) >= 11 is 6.12. The summed E-state index contributed by atoms with van der Waals surface area (Å²) in [5, 5.41) is 7.84. The van der Waals surface area contributed by atoms with Gasteiger partial charge in [0, 0.05) is 12.7 Å². The molecular weight excluding hydrogens is 410 g/mol. The van der Waals surface area contributed by atoms with Gasteiger partial charge in [-0.15, -0.1) is 10.2 Å². The maximum absolute atomic E-state index is 12.8. The number of carbonyl (C=O) groups excluding carboxylic acids is 1. The number of nitrogens with zero attached hydrogens (tertiary/aromatic N) is 3. The fourth-order valence-electron chi connectivity index (χ4n) is 1.83. The van der Waals surface area contributed by atoms with Crippen LogP contribution in [0.1, 0.15) is 11.4 Å². The normalized spacial score (nSPS) is 12.3. The van der Waals surface area contributed by atoms with Crippen LogP contribution in [0.3, 0.4) is 0 Å². The number of carbonyl (C=O) groups is 1. The van der Waals surface area contributed by atoms with Crippen molar-refractivity contribution in [1.82, 2.24) is 14.8 Å². The Bertz CT molecular complexity index is 820. The number of hydrogen-bond acceptors (Lipinski definition) is 4. The van der Waals surface area contributed by atoms with Crippen LogP contribution in [0.2, 0.25) is 5.02 Å². The maximum Gasteiger partial charge on any atom is 0.451 e. The Labute approximate surface area is 151 Å². The maximum atomic E-state index is 12.8. The third-order valence-electron chi connectivity index (χ3n) is 2.98. The molecule has 0 aliphatic heterocycles. The lowest BCUT2D eigenvalue weighted by Gasteiger charge is -2.11. The van der Waals surface area contributed by atoms with E-state index < -0.39 is 34.7 Å². The number of halogens is 7. The molecule has 0 aliphatic rings. The molecule has 1 N–H and O–H groups in total. The Morgan fingerprint density at radius 2 is 1.85 bits per heavy atom. The molecular formula is C13H9ClF6N4OS. The predicted molar refractivity (Wildman–Crippen MR) is 81.8 cm³/mol. The van der Waals surface area contributed by atoms with Gasteiger partial charge in [0.2, 0.25) is 11.7 Å². The van der Waals surface area contributed by atoms with E-state index in [4.69, 9.17) is 11.6 Å². The summed E-state index contributed by atoms with van der Waals surface area (Å²) in [6.45, 7) is 0. The van der Waals surface area contributed by atoms with Gasteiger partial charge in [0.15, 0.2) is 5.16 Å². The van der Waals surface area contributed by atoms with Gasteiger partial charge in [-0.1, -0.05) is 23.4 Å². The van der Waals surface area contributed by atoms with Crippen LogP contribution in [0.4, 0.5) is 32.0 Å². The highest BCUT2D eigenvalue weighted by atomic mass is 35.5. The molecule has 1 amide bonds. The Kier molecular flexibility index (Phi) is 5.76. The molecule has 2 aromatic rings. The zero-order valence-electron chi connectivity index (χ0n) is 12.7. The smallest absolute Gasteiger partial charge is 0.325 e. The molecule has 1 heterocycles. The first kappa shape index (κ1) is 20.4. The summed E-state index contributed by atoms with van der Waals surface area (Å²) in [6, 6.07) is 2.81. The van der Waals surface area contributed by atoms with Gasteiger partial charge in [-0.2, -0.15) is 26.3 Å². The number of hydrogen-bond donors (Lipinski definition) is 1. The number of aromatic nitrogens is 3. The number of benzene rings is 1. The summed E-state index contributed by atoms with van der Waals surface area (Å²) in [7, 11) is 1.08. The van der Waals surface area contributed by atoms with Crippen LogP contribution < -0.4 is 5.32 Å². The minimum absolute atomic E-state index is 0.152. The van der Waals surface area contributed by atoms with E-state index in [0.717, 1.165) is 13.1 Å². The molecule has 0 radical (unpaired) electrons.